The van der Waals surface area contributed by atoms with E-state index in [9.17, 15) is 13.2 Å². The van der Waals surface area contributed by atoms with E-state index in [1.807, 2.05) is 6.07 Å². The smallest absolute Gasteiger partial charge is 0.306 e. The molecule has 122 valence electrons. The first-order valence-corrected chi connectivity index (χ1v) is 9.50. The molecule has 0 saturated heterocycles. The number of imidazole rings is 1. The molecule has 1 aromatic carbocycles. The minimum absolute atomic E-state index is 0.143. The molecule has 2 heterocycles. The van der Waals surface area contributed by atoms with Gasteiger partial charge in [-0.1, -0.05) is 18.5 Å². The lowest BCUT2D eigenvalue weighted by molar-refractivity contribution is 0.426. The van der Waals surface area contributed by atoms with E-state index in [1.54, 1.807) is 19.1 Å². The van der Waals surface area contributed by atoms with E-state index in [0.717, 1.165) is 4.88 Å². The normalized spacial score (nSPS) is 12.3. The van der Waals surface area contributed by atoms with Crippen molar-refractivity contribution in [2.45, 2.75) is 18.4 Å². The summed E-state index contributed by atoms with van der Waals surface area (Å²) in [5, 5.41) is 0. The molecule has 0 fully saturated rings. The van der Waals surface area contributed by atoms with Crippen molar-refractivity contribution >= 4 is 44.0 Å². The molecule has 0 radical (unpaired) electrons. The first kappa shape index (κ1) is 16.3. The van der Waals surface area contributed by atoms with Gasteiger partial charge in [0.25, 0.3) is 0 Å². The number of nitrogens with zero attached hydrogens (tertiary/aromatic N) is 1. The molecule has 0 bridgehead atoms. The number of rotatable bonds is 5. The van der Waals surface area contributed by atoms with Gasteiger partial charge in [0.15, 0.2) is 0 Å². The summed E-state index contributed by atoms with van der Waals surface area (Å²) in [6.45, 7) is 2.38. The van der Waals surface area contributed by atoms with E-state index in [1.165, 1.54) is 27.8 Å². The number of hydrogen-bond acceptors (Lipinski definition) is 4. The van der Waals surface area contributed by atoms with Gasteiger partial charge in [-0.15, -0.1) is 11.3 Å². The molecule has 0 aliphatic carbocycles. The number of nitrogens with one attached hydrogen (secondary N) is 2. The minimum Gasteiger partial charge on any atom is -0.306 e. The third kappa shape index (κ3) is 3.20. The second-order valence-corrected chi connectivity index (χ2v) is 8.66. The second kappa shape index (κ2) is 6.12. The number of halogens is 1. The van der Waals surface area contributed by atoms with Gasteiger partial charge >= 0.3 is 5.69 Å². The first-order chi connectivity index (χ1) is 10.9. The number of aromatic amines is 2. The topological polar surface area (TPSA) is 86.0 Å². The quantitative estimate of drug-likeness (QED) is 0.723. The lowest BCUT2D eigenvalue weighted by atomic mass is 10.3. The Morgan fingerprint density at radius 2 is 1.91 bits per heavy atom. The van der Waals surface area contributed by atoms with Crippen LogP contribution < -0.4 is 5.69 Å². The Bertz CT molecular complexity index is 1000. The van der Waals surface area contributed by atoms with E-state index in [-0.39, 0.29) is 17.1 Å². The van der Waals surface area contributed by atoms with Crippen LogP contribution in [0.4, 0.5) is 0 Å². The highest BCUT2D eigenvalue weighted by atomic mass is 35.5. The number of aromatic nitrogens is 2. The van der Waals surface area contributed by atoms with Gasteiger partial charge in [0.2, 0.25) is 10.0 Å². The van der Waals surface area contributed by atoms with Crippen LogP contribution in [0.1, 0.15) is 11.8 Å². The number of sulfonamides is 1. The molecular formula is C14H14ClN3O3S2. The molecule has 3 rings (SSSR count). The van der Waals surface area contributed by atoms with Crippen molar-refractivity contribution in [2.24, 2.45) is 0 Å². The molecule has 6 nitrogen and oxygen atoms in total. The minimum atomic E-state index is -3.66. The lowest BCUT2D eigenvalue weighted by Crippen LogP contribution is -2.30. The van der Waals surface area contributed by atoms with Crippen LogP contribution >= 0.6 is 22.9 Å². The average Bonchev–Trinajstić information content (AvgIpc) is 3.07. The second-order valence-electron chi connectivity index (χ2n) is 4.92. The Morgan fingerprint density at radius 1 is 1.17 bits per heavy atom. The van der Waals surface area contributed by atoms with E-state index in [2.05, 4.69) is 9.97 Å². The van der Waals surface area contributed by atoms with Crippen LogP contribution in [0.25, 0.3) is 11.0 Å². The van der Waals surface area contributed by atoms with Crippen molar-refractivity contribution in [3.05, 3.63) is 50.0 Å². The van der Waals surface area contributed by atoms with Crippen LogP contribution in [0.5, 0.6) is 0 Å². The molecule has 0 saturated carbocycles. The van der Waals surface area contributed by atoms with Crippen molar-refractivity contribution in [1.29, 1.82) is 0 Å². The third-order valence-corrected chi connectivity index (χ3v) is 6.57. The van der Waals surface area contributed by atoms with E-state index in [0.29, 0.717) is 21.9 Å². The van der Waals surface area contributed by atoms with Crippen LogP contribution in [0, 0.1) is 0 Å². The van der Waals surface area contributed by atoms with Crippen LogP contribution in [0.2, 0.25) is 4.34 Å². The molecule has 0 aliphatic heterocycles. The molecule has 0 atom stereocenters. The molecule has 0 spiro atoms. The summed E-state index contributed by atoms with van der Waals surface area (Å²) >= 11 is 7.25. The molecule has 3 aromatic rings. The predicted molar refractivity (Wildman–Crippen MR) is 91.5 cm³/mol. The molecule has 9 heteroatoms. The predicted octanol–water partition coefficient (Wildman–Crippen LogP) is 2.78. The summed E-state index contributed by atoms with van der Waals surface area (Å²) in [6.07, 6.45) is 0. The summed E-state index contributed by atoms with van der Waals surface area (Å²) in [5.41, 5.74) is 0.670. The SMILES string of the molecule is CCN(Cc1ccc(Cl)s1)S(=O)(=O)c1ccc2[nH]c(=O)[nH]c2c1. The average molecular weight is 372 g/mol. The van der Waals surface area contributed by atoms with E-state index in [4.69, 9.17) is 11.6 Å². The Labute approximate surface area is 141 Å². The summed E-state index contributed by atoms with van der Waals surface area (Å²) in [7, 11) is -3.66. The number of H-pyrrole nitrogens is 2. The Morgan fingerprint density at radius 3 is 2.57 bits per heavy atom. The molecule has 0 amide bonds. The molecule has 0 unspecified atom stereocenters. The van der Waals surface area contributed by atoms with Crippen molar-refractivity contribution in [1.82, 2.24) is 14.3 Å². The number of fused-ring (bicyclic) bond motifs is 1. The van der Waals surface area contributed by atoms with Gasteiger partial charge in [-0.3, -0.25) is 0 Å². The number of thiophene rings is 1. The number of benzene rings is 1. The summed E-state index contributed by atoms with van der Waals surface area (Å²) in [4.78, 5) is 17.5. The largest absolute Gasteiger partial charge is 0.323 e. The van der Waals surface area contributed by atoms with Crippen molar-refractivity contribution in [2.75, 3.05) is 6.54 Å². The zero-order valence-electron chi connectivity index (χ0n) is 12.2. The maximum absolute atomic E-state index is 12.8. The molecule has 2 N–H and O–H groups in total. The van der Waals surface area contributed by atoms with Crippen molar-refractivity contribution in [3.63, 3.8) is 0 Å². The van der Waals surface area contributed by atoms with Crippen molar-refractivity contribution < 1.29 is 8.42 Å². The van der Waals surface area contributed by atoms with Gasteiger partial charge < -0.3 is 9.97 Å². The standard InChI is InChI=1S/C14H14ClN3O3S2/c1-2-18(8-9-3-6-13(15)22-9)23(20,21)10-4-5-11-12(7-10)17-14(19)16-11/h3-7H,2,8H2,1H3,(H2,16,17,19). The molecule has 23 heavy (non-hydrogen) atoms. The molecule has 0 aliphatic rings. The maximum Gasteiger partial charge on any atom is 0.323 e. The summed E-state index contributed by atoms with van der Waals surface area (Å²) < 4.78 is 27.6. The molecule has 2 aromatic heterocycles. The summed E-state index contributed by atoms with van der Waals surface area (Å²) in [5.74, 6) is 0. The van der Waals surface area contributed by atoms with E-state index >= 15 is 0 Å². The van der Waals surface area contributed by atoms with Gasteiger partial charge in [-0.25, -0.2) is 13.2 Å². The Hall–Kier alpha value is -1.61. The third-order valence-electron chi connectivity index (χ3n) is 3.44. The number of hydrogen-bond donors (Lipinski definition) is 2. The fraction of sp³-hybridized carbons (Fsp3) is 0.214. The van der Waals surface area contributed by atoms with E-state index < -0.39 is 10.0 Å². The van der Waals surface area contributed by atoms with Crippen LogP contribution in [-0.2, 0) is 16.6 Å². The van der Waals surface area contributed by atoms with Crippen LogP contribution in [0.3, 0.4) is 0 Å². The zero-order chi connectivity index (χ0) is 16.6. The lowest BCUT2D eigenvalue weighted by Gasteiger charge is -2.19. The highest BCUT2D eigenvalue weighted by Crippen LogP contribution is 2.26. The highest BCUT2D eigenvalue weighted by molar-refractivity contribution is 7.89. The van der Waals surface area contributed by atoms with Crippen LogP contribution in [0.15, 0.2) is 40.0 Å². The van der Waals surface area contributed by atoms with Gasteiger partial charge in [0.1, 0.15) is 0 Å². The maximum atomic E-state index is 12.8. The molecular weight excluding hydrogens is 358 g/mol. The first-order valence-electron chi connectivity index (χ1n) is 6.86. The van der Waals surface area contributed by atoms with Gasteiger partial charge in [-0.05, 0) is 30.3 Å². The van der Waals surface area contributed by atoms with Gasteiger partial charge in [0, 0.05) is 18.0 Å². The van der Waals surface area contributed by atoms with Crippen molar-refractivity contribution in [3.8, 4) is 0 Å². The van der Waals surface area contributed by atoms with Crippen LogP contribution in [-0.4, -0.2) is 29.2 Å². The Balaban J connectivity index is 1.97. The Kier molecular flexibility index (Phi) is 4.33. The fourth-order valence-corrected chi connectivity index (χ4v) is 4.94. The monoisotopic (exact) mass is 371 g/mol. The van der Waals surface area contributed by atoms with Gasteiger partial charge in [-0.2, -0.15) is 4.31 Å². The fourth-order valence-electron chi connectivity index (χ4n) is 2.30. The zero-order valence-corrected chi connectivity index (χ0v) is 14.6. The van der Waals surface area contributed by atoms with Gasteiger partial charge in [0.05, 0.1) is 20.3 Å². The summed E-state index contributed by atoms with van der Waals surface area (Å²) in [6, 6.07) is 8.10. The highest BCUT2D eigenvalue weighted by Gasteiger charge is 2.24.